The number of unbranched alkanes of at least 4 members (excludes halogenated alkanes) is 9. The third kappa shape index (κ3) is 8.35. The normalized spacial score (nSPS) is 30.4. The molecule has 0 saturated carbocycles. The Morgan fingerprint density at radius 2 is 1.29 bits per heavy atom. The predicted molar refractivity (Wildman–Crippen MR) is 123 cm³/mol. The van der Waals surface area contributed by atoms with E-state index in [1.54, 1.807) is 14.2 Å². The van der Waals surface area contributed by atoms with Crippen LogP contribution in [0.1, 0.15) is 91.4 Å². The van der Waals surface area contributed by atoms with Crippen LogP contribution in [0.3, 0.4) is 0 Å². The molecule has 4 nitrogen and oxygen atoms in total. The van der Waals surface area contributed by atoms with E-state index >= 15 is 0 Å². The zero-order valence-corrected chi connectivity index (χ0v) is 21.6. The lowest BCUT2D eigenvalue weighted by Crippen LogP contribution is -2.64. The Labute approximate surface area is 189 Å². The molecule has 0 aromatic heterocycles. The van der Waals surface area contributed by atoms with Crippen LogP contribution < -0.4 is 0 Å². The van der Waals surface area contributed by atoms with Gasteiger partial charge in [-0.05, 0) is 58.2 Å². The summed E-state index contributed by atoms with van der Waals surface area (Å²) in [6, 6.07) is 0. The molecule has 166 valence electrons. The van der Waals surface area contributed by atoms with Crippen LogP contribution in [0, 0.1) is 0 Å². The van der Waals surface area contributed by atoms with E-state index in [0.717, 1.165) is 16.2 Å². The fraction of sp³-hybridized carbons (Fsp3) is 0.909. The topological polar surface area (TPSA) is 36.9 Å². The van der Waals surface area contributed by atoms with Crippen molar-refractivity contribution >= 4 is 31.9 Å². The van der Waals surface area contributed by atoms with Gasteiger partial charge in [0.1, 0.15) is 6.10 Å². The maximum atomic E-state index is 6.37. The van der Waals surface area contributed by atoms with Gasteiger partial charge in [-0.3, -0.25) is 0 Å². The second-order valence-corrected chi connectivity index (χ2v) is 10.7. The van der Waals surface area contributed by atoms with Crippen LogP contribution in [-0.4, -0.2) is 38.0 Å². The largest absolute Gasteiger partial charge is 0.349 e. The van der Waals surface area contributed by atoms with Crippen molar-refractivity contribution in [1.29, 1.82) is 0 Å². The summed E-state index contributed by atoms with van der Waals surface area (Å²) in [6.07, 6.45) is 15.8. The van der Waals surface area contributed by atoms with Crippen LogP contribution in [0.25, 0.3) is 0 Å². The molecule has 28 heavy (non-hydrogen) atoms. The van der Waals surface area contributed by atoms with E-state index in [-0.39, 0.29) is 12.2 Å². The molecule has 1 saturated heterocycles. The minimum absolute atomic E-state index is 0.0766. The molecule has 1 aliphatic heterocycles. The highest BCUT2D eigenvalue weighted by molar-refractivity contribution is 9.28. The summed E-state index contributed by atoms with van der Waals surface area (Å²) in [5.41, 5.74) is 0. The molecule has 1 rings (SSSR count). The Hall–Kier alpha value is 0.540. The zero-order chi connectivity index (χ0) is 21.0. The molecule has 0 radical (unpaired) electrons. The predicted octanol–water partition coefficient (Wildman–Crippen LogP) is 7.44. The Kier molecular flexibility index (Phi) is 13.1. The summed E-state index contributed by atoms with van der Waals surface area (Å²) in [4.78, 5) is 0. The average Bonchev–Trinajstić information content (AvgIpc) is 2.66. The first-order valence-corrected chi connectivity index (χ1v) is 12.4. The highest BCUT2D eigenvalue weighted by Gasteiger charge is 2.56. The molecule has 1 fully saturated rings. The molecule has 0 spiro atoms. The fourth-order valence-corrected chi connectivity index (χ4v) is 4.22. The second-order valence-electron chi connectivity index (χ2n) is 7.97. The Morgan fingerprint density at radius 1 is 0.821 bits per heavy atom. The van der Waals surface area contributed by atoms with Gasteiger partial charge < -0.3 is 18.9 Å². The summed E-state index contributed by atoms with van der Waals surface area (Å²) < 4.78 is 24.8. The lowest BCUT2D eigenvalue weighted by molar-refractivity contribution is -0.442. The van der Waals surface area contributed by atoms with Crippen LogP contribution in [-0.2, 0) is 18.9 Å². The molecule has 0 N–H and O–H groups in total. The van der Waals surface area contributed by atoms with Gasteiger partial charge >= 0.3 is 0 Å². The van der Waals surface area contributed by atoms with Crippen LogP contribution >= 0.6 is 31.9 Å². The van der Waals surface area contributed by atoms with Gasteiger partial charge in [0.15, 0.2) is 0 Å². The number of hydrogen-bond donors (Lipinski definition) is 0. The lowest BCUT2D eigenvalue weighted by atomic mass is 9.99. The standard InChI is InChI=1S/C22H40Br2O4/c1-6-7-8-9-10-11-12-13-14-15-16-18-19(17-20(23)24)28-22(3,26-5)21(2,25-4)27-18/h17-19H,6-16H2,1-5H3/t18-,19+,21+,22+/m0/s1. The van der Waals surface area contributed by atoms with E-state index in [1.165, 1.54) is 57.8 Å². The molecular weight excluding hydrogens is 488 g/mol. The molecule has 1 heterocycles. The number of rotatable bonds is 14. The molecule has 0 aliphatic carbocycles. The summed E-state index contributed by atoms with van der Waals surface area (Å²) in [7, 11) is 3.25. The highest BCUT2D eigenvalue weighted by Crippen LogP contribution is 2.41. The summed E-state index contributed by atoms with van der Waals surface area (Å²) in [5, 5.41) is 0. The van der Waals surface area contributed by atoms with E-state index in [1.807, 2.05) is 19.9 Å². The zero-order valence-electron chi connectivity index (χ0n) is 18.4. The highest BCUT2D eigenvalue weighted by atomic mass is 79.9. The number of halogens is 2. The maximum absolute atomic E-state index is 6.37. The quantitative estimate of drug-likeness (QED) is 0.220. The summed E-state index contributed by atoms with van der Waals surface area (Å²) >= 11 is 6.89. The lowest BCUT2D eigenvalue weighted by Gasteiger charge is -2.51. The molecule has 0 bridgehead atoms. The fourth-order valence-electron chi connectivity index (χ4n) is 3.69. The third-order valence-electron chi connectivity index (χ3n) is 5.84. The maximum Gasteiger partial charge on any atom is 0.220 e. The molecular formula is C22H40Br2O4. The third-order valence-corrected chi connectivity index (χ3v) is 6.37. The van der Waals surface area contributed by atoms with Crippen LogP contribution in [0.2, 0.25) is 0 Å². The van der Waals surface area contributed by atoms with Gasteiger partial charge in [0.2, 0.25) is 11.6 Å². The van der Waals surface area contributed by atoms with Crippen molar-refractivity contribution in [3.8, 4) is 0 Å². The van der Waals surface area contributed by atoms with Crippen molar-refractivity contribution < 1.29 is 18.9 Å². The Morgan fingerprint density at radius 3 is 1.75 bits per heavy atom. The van der Waals surface area contributed by atoms with E-state index in [0.29, 0.717) is 0 Å². The minimum atomic E-state index is -0.980. The van der Waals surface area contributed by atoms with Gasteiger partial charge in [-0.1, -0.05) is 71.1 Å². The summed E-state index contributed by atoms with van der Waals surface area (Å²) in [5.74, 6) is -1.93. The van der Waals surface area contributed by atoms with Crippen molar-refractivity contribution in [3.05, 3.63) is 9.47 Å². The van der Waals surface area contributed by atoms with Gasteiger partial charge in [-0.2, -0.15) is 0 Å². The van der Waals surface area contributed by atoms with Crippen molar-refractivity contribution in [2.45, 2.75) is 115 Å². The van der Waals surface area contributed by atoms with Crippen molar-refractivity contribution in [1.82, 2.24) is 0 Å². The number of ether oxygens (including phenoxy) is 4. The molecule has 4 atom stereocenters. The second kappa shape index (κ2) is 13.8. The van der Waals surface area contributed by atoms with Crippen molar-refractivity contribution in [3.63, 3.8) is 0 Å². The van der Waals surface area contributed by atoms with Crippen molar-refractivity contribution in [2.75, 3.05) is 14.2 Å². The van der Waals surface area contributed by atoms with E-state index in [4.69, 9.17) is 18.9 Å². The first-order valence-electron chi connectivity index (χ1n) is 10.8. The van der Waals surface area contributed by atoms with E-state index < -0.39 is 11.6 Å². The van der Waals surface area contributed by atoms with Gasteiger partial charge in [-0.15, -0.1) is 0 Å². The van der Waals surface area contributed by atoms with Gasteiger partial charge in [0.05, 0.1) is 9.50 Å². The Balaban J connectivity index is 2.45. The molecule has 0 unspecified atom stereocenters. The molecule has 0 aromatic rings. The first kappa shape index (κ1) is 26.6. The molecule has 1 aliphatic rings. The van der Waals surface area contributed by atoms with E-state index in [2.05, 4.69) is 38.8 Å². The van der Waals surface area contributed by atoms with Crippen LogP contribution in [0.5, 0.6) is 0 Å². The van der Waals surface area contributed by atoms with Gasteiger partial charge in [0, 0.05) is 14.2 Å². The minimum Gasteiger partial charge on any atom is -0.349 e. The van der Waals surface area contributed by atoms with Crippen molar-refractivity contribution in [2.24, 2.45) is 0 Å². The van der Waals surface area contributed by atoms with Crippen LogP contribution in [0.15, 0.2) is 9.47 Å². The molecule has 0 amide bonds. The SMILES string of the molecule is CCCCCCCCCCCC[C@@H]1O[C@@](C)(OC)[C@](C)(OC)O[C@@H]1C=C(Br)Br. The Bertz CT molecular complexity index is 456. The molecule has 0 aromatic carbocycles. The molecule has 6 heteroatoms. The average molecular weight is 528 g/mol. The van der Waals surface area contributed by atoms with Gasteiger partial charge in [-0.25, -0.2) is 0 Å². The number of methoxy groups -OCH3 is 2. The van der Waals surface area contributed by atoms with Gasteiger partial charge in [0.25, 0.3) is 0 Å². The first-order chi connectivity index (χ1) is 13.3. The van der Waals surface area contributed by atoms with E-state index in [9.17, 15) is 0 Å². The smallest absolute Gasteiger partial charge is 0.220 e. The monoisotopic (exact) mass is 526 g/mol. The number of hydrogen-bond acceptors (Lipinski definition) is 4. The summed E-state index contributed by atoms with van der Waals surface area (Å²) in [6.45, 7) is 6.00. The van der Waals surface area contributed by atoms with Crippen LogP contribution in [0.4, 0.5) is 0 Å².